The van der Waals surface area contributed by atoms with Gasteiger partial charge in [0.15, 0.2) is 0 Å². The zero-order valence-electron chi connectivity index (χ0n) is 11.5. The minimum atomic E-state index is -0.472. The van der Waals surface area contributed by atoms with Crippen LogP contribution >= 0.6 is 11.6 Å². The van der Waals surface area contributed by atoms with E-state index < -0.39 is 6.10 Å². The Bertz CT molecular complexity index is 595. The van der Waals surface area contributed by atoms with Crippen molar-refractivity contribution in [2.45, 2.75) is 32.4 Å². The van der Waals surface area contributed by atoms with E-state index in [0.717, 1.165) is 17.3 Å². The van der Waals surface area contributed by atoms with Crippen molar-refractivity contribution in [3.8, 4) is 0 Å². The summed E-state index contributed by atoms with van der Waals surface area (Å²) in [5.74, 6) is -0.113. The standard InChI is InChI=1S/C15H19ClN2O2/c1-2-3-13(19)9-17-15(20)10-18-7-6-11-4-5-12(16)8-14(11)18/h4-8,13,19H,2-3,9-10H2,1H3,(H,17,20). The van der Waals surface area contributed by atoms with Gasteiger partial charge in [0.05, 0.1) is 6.10 Å². The molecule has 4 nitrogen and oxygen atoms in total. The van der Waals surface area contributed by atoms with Crippen molar-refractivity contribution in [2.75, 3.05) is 6.54 Å². The molecule has 20 heavy (non-hydrogen) atoms. The van der Waals surface area contributed by atoms with Crippen LogP contribution < -0.4 is 5.32 Å². The molecule has 1 aromatic heterocycles. The van der Waals surface area contributed by atoms with Crippen LogP contribution in [0, 0.1) is 0 Å². The number of carbonyl (C=O) groups excluding carboxylic acids is 1. The van der Waals surface area contributed by atoms with Crippen molar-refractivity contribution in [1.29, 1.82) is 0 Å². The van der Waals surface area contributed by atoms with Gasteiger partial charge >= 0.3 is 0 Å². The maximum atomic E-state index is 11.9. The Kier molecular flexibility index (Phi) is 5.04. The highest BCUT2D eigenvalue weighted by Gasteiger charge is 2.08. The smallest absolute Gasteiger partial charge is 0.240 e. The van der Waals surface area contributed by atoms with Gasteiger partial charge in [-0.15, -0.1) is 0 Å². The molecule has 0 aliphatic rings. The normalized spacial score (nSPS) is 12.6. The van der Waals surface area contributed by atoms with Crippen molar-refractivity contribution in [2.24, 2.45) is 0 Å². The lowest BCUT2D eigenvalue weighted by molar-refractivity contribution is -0.122. The molecular formula is C15H19ClN2O2. The van der Waals surface area contributed by atoms with Gasteiger partial charge in [0, 0.05) is 23.3 Å². The molecule has 1 heterocycles. The molecule has 0 radical (unpaired) electrons. The zero-order valence-corrected chi connectivity index (χ0v) is 12.2. The number of amides is 1. The molecule has 5 heteroatoms. The highest BCUT2D eigenvalue weighted by Crippen LogP contribution is 2.20. The Morgan fingerprint density at radius 2 is 2.25 bits per heavy atom. The van der Waals surface area contributed by atoms with Crippen LogP contribution in [0.3, 0.4) is 0 Å². The van der Waals surface area contributed by atoms with Crippen molar-refractivity contribution in [3.63, 3.8) is 0 Å². The number of benzene rings is 1. The van der Waals surface area contributed by atoms with Gasteiger partial charge in [0.25, 0.3) is 0 Å². The monoisotopic (exact) mass is 294 g/mol. The maximum Gasteiger partial charge on any atom is 0.240 e. The minimum absolute atomic E-state index is 0.113. The molecular weight excluding hydrogens is 276 g/mol. The summed E-state index contributed by atoms with van der Waals surface area (Å²) in [6, 6.07) is 7.55. The molecule has 1 atom stereocenters. The van der Waals surface area contributed by atoms with E-state index in [9.17, 15) is 9.90 Å². The quantitative estimate of drug-likeness (QED) is 0.860. The molecule has 0 saturated carbocycles. The Morgan fingerprint density at radius 1 is 1.45 bits per heavy atom. The predicted octanol–water partition coefficient (Wildman–Crippen LogP) is 2.57. The largest absolute Gasteiger partial charge is 0.391 e. The lowest BCUT2D eigenvalue weighted by atomic mass is 10.2. The van der Waals surface area contributed by atoms with Gasteiger partial charge in [-0.25, -0.2) is 0 Å². The average Bonchev–Trinajstić information content (AvgIpc) is 2.79. The van der Waals surface area contributed by atoms with Crippen LogP contribution in [0.2, 0.25) is 5.02 Å². The van der Waals surface area contributed by atoms with Gasteiger partial charge in [0.2, 0.25) is 5.91 Å². The predicted molar refractivity (Wildman–Crippen MR) is 80.9 cm³/mol. The Balaban J connectivity index is 1.98. The maximum absolute atomic E-state index is 11.9. The number of fused-ring (bicyclic) bond motifs is 1. The summed E-state index contributed by atoms with van der Waals surface area (Å²) in [5, 5.41) is 14.0. The third kappa shape index (κ3) is 3.74. The van der Waals surface area contributed by atoms with Crippen LogP contribution in [0.1, 0.15) is 19.8 Å². The second kappa shape index (κ2) is 6.77. The molecule has 0 saturated heterocycles. The number of aliphatic hydroxyl groups is 1. The first kappa shape index (κ1) is 14.9. The van der Waals surface area contributed by atoms with Crippen LogP contribution in [0.15, 0.2) is 30.5 Å². The average molecular weight is 295 g/mol. The number of halogens is 1. The van der Waals surface area contributed by atoms with E-state index in [1.54, 1.807) is 0 Å². The molecule has 2 N–H and O–H groups in total. The second-order valence-electron chi connectivity index (χ2n) is 4.89. The Hall–Kier alpha value is -1.52. The Morgan fingerprint density at radius 3 is 3.00 bits per heavy atom. The lowest BCUT2D eigenvalue weighted by Gasteiger charge is -2.11. The summed E-state index contributed by atoms with van der Waals surface area (Å²) in [6.07, 6.45) is 2.99. The van der Waals surface area contributed by atoms with Crippen LogP contribution in [-0.2, 0) is 11.3 Å². The number of hydrogen-bond acceptors (Lipinski definition) is 2. The van der Waals surface area contributed by atoms with E-state index >= 15 is 0 Å². The third-order valence-electron chi connectivity index (χ3n) is 3.21. The van der Waals surface area contributed by atoms with Crippen LogP contribution in [-0.4, -0.2) is 28.2 Å². The van der Waals surface area contributed by atoms with Gasteiger partial charge in [-0.1, -0.05) is 31.0 Å². The van der Waals surface area contributed by atoms with Crippen molar-refractivity contribution < 1.29 is 9.90 Å². The molecule has 0 fully saturated rings. The summed E-state index contributed by atoms with van der Waals surface area (Å²) in [7, 11) is 0. The molecule has 2 aromatic rings. The molecule has 108 valence electrons. The van der Waals surface area contributed by atoms with Gasteiger partial charge in [-0.3, -0.25) is 4.79 Å². The van der Waals surface area contributed by atoms with E-state index in [4.69, 9.17) is 11.6 Å². The number of hydrogen-bond donors (Lipinski definition) is 2. The first-order valence-corrected chi connectivity index (χ1v) is 7.17. The molecule has 1 unspecified atom stereocenters. The number of nitrogens with zero attached hydrogens (tertiary/aromatic N) is 1. The number of aromatic nitrogens is 1. The Labute approximate surface area is 123 Å². The SMILES string of the molecule is CCCC(O)CNC(=O)Cn1ccc2ccc(Cl)cc21. The number of rotatable bonds is 6. The zero-order chi connectivity index (χ0) is 14.5. The summed E-state index contributed by atoms with van der Waals surface area (Å²) in [5.41, 5.74) is 0.932. The number of nitrogens with one attached hydrogen (secondary N) is 1. The van der Waals surface area contributed by atoms with Crippen LogP contribution in [0.5, 0.6) is 0 Å². The van der Waals surface area contributed by atoms with E-state index in [1.165, 1.54) is 0 Å². The summed E-state index contributed by atoms with van der Waals surface area (Å²) in [6.45, 7) is 2.52. The molecule has 0 bridgehead atoms. The van der Waals surface area contributed by atoms with E-state index in [0.29, 0.717) is 18.0 Å². The molecule has 1 aromatic carbocycles. The first-order valence-electron chi connectivity index (χ1n) is 6.79. The number of carbonyl (C=O) groups is 1. The summed E-state index contributed by atoms with van der Waals surface area (Å²) < 4.78 is 1.85. The van der Waals surface area contributed by atoms with Gasteiger partial charge in [0.1, 0.15) is 6.54 Å². The fraction of sp³-hybridized carbons (Fsp3) is 0.400. The second-order valence-corrected chi connectivity index (χ2v) is 5.33. The van der Waals surface area contributed by atoms with Crippen LogP contribution in [0.25, 0.3) is 10.9 Å². The van der Waals surface area contributed by atoms with E-state index in [1.807, 2.05) is 42.0 Å². The number of aliphatic hydroxyl groups excluding tert-OH is 1. The highest BCUT2D eigenvalue weighted by molar-refractivity contribution is 6.31. The first-order chi connectivity index (χ1) is 9.60. The molecule has 0 aliphatic carbocycles. The highest BCUT2D eigenvalue weighted by atomic mass is 35.5. The van der Waals surface area contributed by atoms with E-state index in [-0.39, 0.29) is 12.5 Å². The van der Waals surface area contributed by atoms with Crippen molar-refractivity contribution >= 4 is 28.4 Å². The molecule has 1 amide bonds. The van der Waals surface area contributed by atoms with Crippen LogP contribution in [0.4, 0.5) is 0 Å². The molecule has 0 spiro atoms. The fourth-order valence-corrected chi connectivity index (χ4v) is 2.34. The van der Waals surface area contributed by atoms with E-state index in [2.05, 4.69) is 5.32 Å². The summed E-state index contributed by atoms with van der Waals surface area (Å²) >= 11 is 5.97. The molecule has 2 rings (SSSR count). The van der Waals surface area contributed by atoms with Crippen molar-refractivity contribution in [1.82, 2.24) is 9.88 Å². The summed E-state index contributed by atoms with van der Waals surface area (Å²) in [4.78, 5) is 11.9. The van der Waals surface area contributed by atoms with Gasteiger partial charge in [-0.2, -0.15) is 0 Å². The van der Waals surface area contributed by atoms with Gasteiger partial charge in [-0.05, 0) is 30.0 Å². The lowest BCUT2D eigenvalue weighted by Crippen LogP contribution is -2.34. The van der Waals surface area contributed by atoms with Gasteiger partial charge < -0.3 is 15.0 Å². The third-order valence-corrected chi connectivity index (χ3v) is 3.44. The molecule has 0 aliphatic heterocycles. The topological polar surface area (TPSA) is 54.3 Å². The minimum Gasteiger partial charge on any atom is -0.391 e. The fourth-order valence-electron chi connectivity index (χ4n) is 2.17. The van der Waals surface area contributed by atoms with Crippen molar-refractivity contribution in [3.05, 3.63) is 35.5 Å².